The quantitative estimate of drug-likeness (QED) is 0.486. The molecule has 0 saturated heterocycles. The maximum atomic E-state index is 10.7. The van der Waals surface area contributed by atoms with E-state index in [1.54, 1.807) is 24.5 Å². The van der Waals surface area contributed by atoms with Gasteiger partial charge in [-0.3, -0.25) is 15.1 Å². The number of hydrogen-bond donors (Lipinski definition) is 0. The number of nitro benzene ring substituents is 1. The Morgan fingerprint density at radius 2 is 1.41 bits per heavy atom. The number of hydrogen-bond acceptors (Lipinski definition) is 3. The fourth-order valence-corrected chi connectivity index (χ4v) is 2.89. The molecular formula is C17H11BrN2O2. The van der Waals surface area contributed by atoms with Crippen LogP contribution < -0.4 is 0 Å². The Labute approximate surface area is 135 Å². The molecule has 0 saturated carbocycles. The van der Waals surface area contributed by atoms with Gasteiger partial charge in [0.1, 0.15) is 0 Å². The summed E-state index contributed by atoms with van der Waals surface area (Å²) in [6.07, 6.45) is 3.55. The summed E-state index contributed by atoms with van der Waals surface area (Å²) in [4.78, 5) is 14.6. The van der Waals surface area contributed by atoms with Crippen LogP contribution in [0.1, 0.15) is 0 Å². The first-order chi connectivity index (χ1) is 10.7. The van der Waals surface area contributed by atoms with Gasteiger partial charge in [-0.2, -0.15) is 0 Å². The number of halogens is 1. The number of aromatic nitrogens is 1. The van der Waals surface area contributed by atoms with Crippen molar-refractivity contribution < 1.29 is 4.92 Å². The number of nitrogens with zero attached hydrogens (tertiary/aromatic N) is 2. The number of pyridine rings is 1. The SMILES string of the molecule is O=[N+]([O-])c1ccc(-c2cncc(-c3ccccc3)c2Br)cc1. The molecule has 0 aliphatic carbocycles. The van der Waals surface area contributed by atoms with E-state index in [1.807, 2.05) is 30.3 Å². The predicted molar refractivity (Wildman–Crippen MR) is 89.5 cm³/mol. The first kappa shape index (κ1) is 14.4. The molecule has 0 bridgehead atoms. The van der Waals surface area contributed by atoms with Crippen LogP contribution in [0.4, 0.5) is 5.69 Å². The molecule has 0 fully saturated rings. The van der Waals surface area contributed by atoms with Gasteiger partial charge in [0.05, 0.1) is 4.92 Å². The third-order valence-corrected chi connectivity index (χ3v) is 4.21. The molecule has 22 heavy (non-hydrogen) atoms. The highest BCUT2D eigenvalue weighted by Crippen LogP contribution is 2.36. The predicted octanol–water partition coefficient (Wildman–Crippen LogP) is 5.09. The Morgan fingerprint density at radius 3 is 1.95 bits per heavy atom. The second-order valence-corrected chi connectivity index (χ2v) is 5.51. The Bertz CT molecular complexity index is 818. The number of nitro groups is 1. The summed E-state index contributed by atoms with van der Waals surface area (Å²) in [6.45, 7) is 0. The van der Waals surface area contributed by atoms with E-state index in [4.69, 9.17) is 0 Å². The molecule has 1 aromatic heterocycles. The average Bonchev–Trinajstić information content (AvgIpc) is 2.56. The van der Waals surface area contributed by atoms with Crippen molar-refractivity contribution in [3.8, 4) is 22.3 Å². The van der Waals surface area contributed by atoms with E-state index in [-0.39, 0.29) is 5.69 Å². The van der Waals surface area contributed by atoms with Crippen LogP contribution in [0, 0.1) is 10.1 Å². The molecule has 1 heterocycles. The Balaban J connectivity index is 2.07. The molecular weight excluding hydrogens is 344 g/mol. The summed E-state index contributed by atoms with van der Waals surface area (Å²) in [5, 5.41) is 10.7. The number of benzene rings is 2. The van der Waals surface area contributed by atoms with Gasteiger partial charge < -0.3 is 0 Å². The Hall–Kier alpha value is -2.53. The highest BCUT2D eigenvalue weighted by molar-refractivity contribution is 9.10. The van der Waals surface area contributed by atoms with E-state index in [9.17, 15) is 10.1 Å². The van der Waals surface area contributed by atoms with Crippen molar-refractivity contribution >= 4 is 21.6 Å². The lowest BCUT2D eigenvalue weighted by atomic mass is 10.0. The maximum absolute atomic E-state index is 10.7. The molecule has 0 aliphatic rings. The van der Waals surface area contributed by atoms with Crippen LogP contribution in [0.15, 0.2) is 71.5 Å². The number of rotatable bonds is 3. The second-order valence-electron chi connectivity index (χ2n) is 4.72. The maximum Gasteiger partial charge on any atom is 0.269 e. The van der Waals surface area contributed by atoms with Gasteiger partial charge in [-0.05, 0) is 39.2 Å². The van der Waals surface area contributed by atoms with Gasteiger partial charge in [-0.1, -0.05) is 30.3 Å². The van der Waals surface area contributed by atoms with Gasteiger partial charge in [-0.15, -0.1) is 0 Å². The van der Waals surface area contributed by atoms with Gasteiger partial charge in [0.2, 0.25) is 0 Å². The lowest BCUT2D eigenvalue weighted by Gasteiger charge is -2.09. The van der Waals surface area contributed by atoms with Crippen molar-refractivity contribution in [2.45, 2.75) is 0 Å². The third-order valence-electron chi connectivity index (χ3n) is 3.35. The van der Waals surface area contributed by atoms with Crippen LogP contribution in [0.3, 0.4) is 0 Å². The van der Waals surface area contributed by atoms with E-state index in [1.165, 1.54) is 12.1 Å². The van der Waals surface area contributed by atoms with E-state index in [0.717, 1.165) is 26.7 Å². The summed E-state index contributed by atoms with van der Waals surface area (Å²) in [5.74, 6) is 0. The monoisotopic (exact) mass is 354 g/mol. The minimum absolute atomic E-state index is 0.0760. The van der Waals surface area contributed by atoms with Gasteiger partial charge in [0, 0.05) is 40.1 Å². The minimum Gasteiger partial charge on any atom is -0.263 e. The molecule has 3 rings (SSSR count). The summed E-state index contributed by atoms with van der Waals surface area (Å²) < 4.78 is 0.919. The molecule has 4 nitrogen and oxygen atoms in total. The van der Waals surface area contributed by atoms with Gasteiger partial charge in [0.15, 0.2) is 0 Å². The van der Waals surface area contributed by atoms with Crippen molar-refractivity contribution in [1.82, 2.24) is 4.98 Å². The highest BCUT2D eigenvalue weighted by atomic mass is 79.9. The molecule has 0 unspecified atom stereocenters. The first-order valence-electron chi connectivity index (χ1n) is 6.60. The molecule has 0 N–H and O–H groups in total. The Morgan fingerprint density at radius 1 is 0.864 bits per heavy atom. The summed E-state index contributed by atoms with van der Waals surface area (Å²) in [6, 6.07) is 16.4. The molecule has 0 atom stereocenters. The van der Waals surface area contributed by atoms with Crippen molar-refractivity contribution in [3.63, 3.8) is 0 Å². The topological polar surface area (TPSA) is 56.0 Å². The van der Waals surface area contributed by atoms with Crippen molar-refractivity contribution in [2.24, 2.45) is 0 Å². The standard InChI is InChI=1S/C17H11BrN2O2/c18-17-15(12-4-2-1-3-5-12)10-19-11-16(17)13-6-8-14(9-7-13)20(21)22/h1-11H. The lowest BCUT2D eigenvalue weighted by molar-refractivity contribution is -0.384. The summed E-state index contributed by atoms with van der Waals surface area (Å²) in [5.41, 5.74) is 3.90. The molecule has 5 heteroatoms. The summed E-state index contributed by atoms with van der Waals surface area (Å²) >= 11 is 3.63. The molecule has 0 aliphatic heterocycles. The van der Waals surface area contributed by atoms with Gasteiger partial charge >= 0.3 is 0 Å². The van der Waals surface area contributed by atoms with Gasteiger partial charge in [-0.25, -0.2) is 0 Å². The number of non-ortho nitro benzene ring substituents is 1. The molecule has 108 valence electrons. The fraction of sp³-hybridized carbons (Fsp3) is 0. The Kier molecular flexibility index (Phi) is 3.98. The average molecular weight is 355 g/mol. The smallest absolute Gasteiger partial charge is 0.263 e. The minimum atomic E-state index is -0.405. The van der Waals surface area contributed by atoms with E-state index in [2.05, 4.69) is 20.9 Å². The van der Waals surface area contributed by atoms with E-state index in [0.29, 0.717) is 0 Å². The van der Waals surface area contributed by atoms with Crippen molar-refractivity contribution in [1.29, 1.82) is 0 Å². The zero-order valence-electron chi connectivity index (χ0n) is 11.4. The molecule has 0 spiro atoms. The zero-order chi connectivity index (χ0) is 15.5. The highest BCUT2D eigenvalue weighted by Gasteiger charge is 2.11. The molecule has 0 radical (unpaired) electrons. The zero-order valence-corrected chi connectivity index (χ0v) is 13.0. The van der Waals surface area contributed by atoms with Crippen LogP contribution in [-0.2, 0) is 0 Å². The fourth-order valence-electron chi connectivity index (χ4n) is 2.23. The lowest BCUT2D eigenvalue weighted by Crippen LogP contribution is -1.89. The normalized spacial score (nSPS) is 10.4. The largest absolute Gasteiger partial charge is 0.269 e. The first-order valence-corrected chi connectivity index (χ1v) is 7.40. The summed E-state index contributed by atoms with van der Waals surface area (Å²) in [7, 11) is 0. The van der Waals surface area contributed by atoms with Gasteiger partial charge in [0.25, 0.3) is 5.69 Å². The van der Waals surface area contributed by atoms with Crippen molar-refractivity contribution in [3.05, 3.63) is 81.6 Å². The van der Waals surface area contributed by atoms with Crippen molar-refractivity contribution in [2.75, 3.05) is 0 Å². The molecule has 3 aromatic rings. The second kappa shape index (κ2) is 6.07. The van der Waals surface area contributed by atoms with E-state index >= 15 is 0 Å². The van der Waals surface area contributed by atoms with E-state index < -0.39 is 4.92 Å². The van der Waals surface area contributed by atoms with Crippen LogP contribution >= 0.6 is 15.9 Å². The van der Waals surface area contributed by atoms with Crippen LogP contribution in [-0.4, -0.2) is 9.91 Å². The molecule has 0 amide bonds. The van der Waals surface area contributed by atoms with Crippen LogP contribution in [0.2, 0.25) is 0 Å². The molecule has 2 aromatic carbocycles. The van der Waals surface area contributed by atoms with Crippen LogP contribution in [0.5, 0.6) is 0 Å². The third kappa shape index (κ3) is 2.76. The van der Waals surface area contributed by atoms with Crippen LogP contribution in [0.25, 0.3) is 22.3 Å².